The molecule has 1 aromatic carbocycles. The van der Waals surface area contributed by atoms with Gasteiger partial charge in [-0.3, -0.25) is 0 Å². The van der Waals surface area contributed by atoms with E-state index in [0.29, 0.717) is 0 Å². The summed E-state index contributed by atoms with van der Waals surface area (Å²) in [5, 5.41) is 2.76. The Morgan fingerprint density at radius 1 is 1.20 bits per heavy atom. The molecule has 0 aliphatic rings. The van der Waals surface area contributed by atoms with Crippen LogP contribution in [0, 0.1) is 0 Å². The smallest absolute Gasteiger partial charge is 0.0716 e. The highest BCUT2D eigenvalue weighted by Gasteiger charge is 2.11. The summed E-state index contributed by atoms with van der Waals surface area (Å²) < 4.78 is 0. The molecule has 82 valence electrons. The molecular formula is C13H19BrSi. The minimum absolute atomic E-state index is 0.718. The van der Waals surface area contributed by atoms with E-state index in [1.54, 1.807) is 5.19 Å². The molecule has 2 heteroatoms. The highest BCUT2D eigenvalue weighted by atomic mass is 79.9. The van der Waals surface area contributed by atoms with Crippen molar-refractivity contribution in [2.75, 3.05) is 5.33 Å². The molecule has 15 heavy (non-hydrogen) atoms. The van der Waals surface area contributed by atoms with Gasteiger partial charge in [0.15, 0.2) is 0 Å². The van der Waals surface area contributed by atoms with Gasteiger partial charge in [0.1, 0.15) is 0 Å². The monoisotopic (exact) mass is 282 g/mol. The fraction of sp³-hybridized carbons (Fsp3) is 0.385. The average Bonchev–Trinajstić information content (AvgIpc) is 2.29. The number of hydrogen-bond donors (Lipinski definition) is 0. The number of halogens is 1. The van der Waals surface area contributed by atoms with Crippen molar-refractivity contribution in [1.82, 2.24) is 0 Å². The number of rotatable bonds is 7. The third kappa shape index (κ3) is 4.80. The van der Waals surface area contributed by atoms with Crippen LogP contribution in [-0.2, 0) is 0 Å². The second-order valence-electron chi connectivity index (χ2n) is 3.80. The van der Waals surface area contributed by atoms with Crippen LogP contribution in [-0.4, -0.2) is 14.1 Å². The van der Waals surface area contributed by atoms with E-state index in [-0.39, 0.29) is 0 Å². The summed E-state index contributed by atoms with van der Waals surface area (Å²) >= 11 is 3.57. The van der Waals surface area contributed by atoms with Gasteiger partial charge in [0.05, 0.1) is 8.80 Å². The molecule has 0 amide bonds. The van der Waals surface area contributed by atoms with E-state index in [0.717, 1.165) is 5.33 Å². The molecule has 1 aromatic rings. The fourth-order valence-electron chi connectivity index (χ4n) is 1.84. The molecule has 0 aromatic heterocycles. The third-order valence-electron chi connectivity index (χ3n) is 2.69. The molecule has 1 unspecified atom stereocenters. The summed E-state index contributed by atoms with van der Waals surface area (Å²) in [6, 6.07) is 13.8. The van der Waals surface area contributed by atoms with Crippen molar-refractivity contribution in [3.05, 3.63) is 43.0 Å². The van der Waals surface area contributed by atoms with Crippen LogP contribution < -0.4 is 5.19 Å². The summed E-state index contributed by atoms with van der Waals surface area (Å²) in [6.45, 7) is 3.78. The molecule has 0 fully saturated rings. The highest BCUT2D eigenvalue weighted by molar-refractivity contribution is 9.09. The van der Waals surface area contributed by atoms with Gasteiger partial charge in [0, 0.05) is 5.33 Å². The SMILES string of the molecule is C=CCCC[SiH](CCBr)c1ccccc1. The minimum Gasteiger partial charge on any atom is -0.103 e. The topological polar surface area (TPSA) is 0 Å². The van der Waals surface area contributed by atoms with Gasteiger partial charge < -0.3 is 0 Å². The Hall–Kier alpha value is -0.343. The van der Waals surface area contributed by atoms with Crippen LogP contribution in [0.5, 0.6) is 0 Å². The van der Waals surface area contributed by atoms with Crippen molar-refractivity contribution in [1.29, 1.82) is 0 Å². The van der Waals surface area contributed by atoms with Gasteiger partial charge in [-0.25, -0.2) is 0 Å². The van der Waals surface area contributed by atoms with E-state index < -0.39 is 8.80 Å². The lowest BCUT2D eigenvalue weighted by Crippen LogP contribution is -2.29. The van der Waals surface area contributed by atoms with E-state index in [1.165, 1.54) is 24.9 Å². The van der Waals surface area contributed by atoms with Gasteiger partial charge in [-0.2, -0.15) is 0 Å². The zero-order valence-electron chi connectivity index (χ0n) is 9.16. The maximum atomic E-state index is 3.78. The van der Waals surface area contributed by atoms with Gasteiger partial charge in [-0.05, 0) is 12.5 Å². The maximum absolute atomic E-state index is 3.78. The van der Waals surface area contributed by atoms with E-state index in [2.05, 4.69) is 52.8 Å². The molecule has 0 aliphatic heterocycles. The Balaban J connectivity index is 2.53. The van der Waals surface area contributed by atoms with Crippen molar-refractivity contribution < 1.29 is 0 Å². The first kappa shape index (κ1) is 12.7. The molecule has 0 bridgehead atoms. The molecular weight excluding hydrogens is 264 g/mol. The minimum atomic E-state index is -0.718. The van der Waals surface area contributed by atoms with E-state index in [1.807, 2.05) is 6.08 Å². The van der Waals surface area contributed by atoms with Crippen LogP contribution in [0.1, 0.15) is 12.8 Å². The largest absolute Gasteiger partial charge is 0.103 e. The Bertz CT molecular complexity index is 271. The van der Waals surface area contributed by atoms with Gasteiger partial charge in [0.25, 0.3) is 0 Å². The lowest BCUT2D eigenvalue weighted by molar-refractivity contribution is 0.944. The first-order chi connectivity index (χ1) is 7.38. The quantitative estimate of drug-likeness (QED) is 0.311. The van der Waals surface area contributed by atoms with Crippen molar-refractivity contribution in [3.63, 3.8) is 0 Å². The zero-order valence-corrected chi connectivity index (χ0v) is 11.9. The van der Waals surface area contributed by atoms with Crippen LogP contribution in [0.3, 0.4) is 0 Å². The standard InChI is InChI=1S/C13H19BrSi/c1-2-3-7-11-15(12-10-14)13-8-5-4-6-9-13/h2,4-6,8-9,15H,1,3,7,10-12H2. The van der Waals surface area contributed by atoms with E-state index in [9.17, 15) is 0 Å². The Morgan fingerprint density at radius 3 is 2.53 bits per heavy atom. The molecule has 1 rings (SSSR count). The number of hydrogen-bond acceptors (Lipinski definition) is 0. The Kier molecular flexibility index (Phi) is 6.69. The summed E-state index contributed by atoms with van der Waals surface area (Å²) in [5.41, 5.74) is 0. The molecule has 0 N–H and O–H groups in total. The van der Waals surface area contributed by atoms with Gasteiger partial charge in [-0.15, -0.1) is 6.58 Å². The number of benzene rings is 1. The summed E-state index contributed by atoms with van der Waals surface area (Å²) in [4.78, 5) is 0. The summed E-state index contributed by atoms with van der Waals surface area (Å²) in [5.74, 6) is 0. The first-order valence-corrected chi connectivity index (χ1v) is 8.93. The van der Waals surface area contributed by atoms with Crippen LogP contribution in [0.15, 0.2) is 43.0 Å². The van der Waals surface area contributed by atoms with Crippen LogP contribution in [0.25, 0.3) is 0 Å². The molecule has 1 atom stereocenters. The lowest BCUT2D eigenvalue weighted by Gasteiger charge is -2.13. The van der Waals surface area contributed by atoms with E-state index >= 15 is 0 Å². The Labute approximate surface area is 103 Å². The maximum Gasteiger partial charge on any atom is 0.0716 e. The number of unbranched alkanes of at least 4 members (excludes halogenated alkanes) is 1. The molecule has 0 saturated carbocycles. The molecule has 0 radical (unpaired) electrons. The fourth-order valence-corrected chi connectivity index (χ4v) is 6.21. The van der Waals surface area contributed by atoms with Crippen molar-refractivity contribution >= 4 is 29.9 Å². The predicted molar refractivity (Wildman–Crippen MR) is 76.1 cm³/mol. The molecule has 0 heterocycles. The molecule has 0 spiro atoms. The van der Waals surface area contributed by atoms with Gasteiger partial charge in [-0.1, -0.05) is 70.0 Å². The van der Waals surface area contributed by atoms with Crippen molar-refractivity contribution in [2.24, 2.45) is 0 Å². The third-order valence-corrected chi connectivity index (χ3v) is 7.41. The van der Waals surface area contributed by atoms with Gasteiger partial charge >= 0.3 is 0 Å². The average molecular weight is 283 g/mol. The van der Waals surface area contributed by atoms with E-state index in [4.69, 9.17) is 0 Å². The molecule has 0 aliphatic carbocycles. The Morgan fingerprint density at radius 2 is 1.93 bits per heavy atom. The second kappa shape index (κ2) is 7.89. The predicted octanol–water partition coefficient (Wildman–Crippen LogP) is 3.48. The summed E-state index contributed by atoms with van der Waals surface area (Å²) in [6.07, 6.45) is 4.51. The van der Waals surface area contributed by atoms with Crippen LogP contribution >= 0.6 is 15.9 Å². The molecule has 0 saturated heterocycles. The lowest BCUT2D eigenvalue weighted by atomic mass is 10.3. The molecule has 0 nitrogen and oxygen atoms in total. The number of alkyl halides is 1. The highest BCUT2D eigenvalue weighted by Crippen LogP contribution is 2.08. The first-order valence-electron chi connectivity index (χ1n) is 5.60. The summed E-state index contributed by atoms with van der Waals surface area (Å²) in [7, 11) is -0.718. The van der Waals surface area contributed by atoms with Crippen molar-refractivity contribution in [3.8, 4) is 0 Å². The number of allylic oxidation sites excluding steroid dienone is 1. The van der Waals surface area contributed by atoms with Crippen LogP contribution in [0.2, 0.25) is 12.1 Å². The second-order valence-corrected chi connectivity index (χ2v) is 7.81. The van der Waals surface area contributed by atoms with Crippen molar-refractivity contribution in [2.45, 2.75) is 24.9 Å². The zero-order chi connectivity index (χ0) is 10.9. The van der Waals surface area contributed by atoms with Crippen LogP contribution in [0.4, 0.5) is 0 Å². The van der Waals surface area contributed by atoms with Gasteiger partial charge in [0.2, 0.25) is 0 Å². The normalized spacial score (nSPS) is 12.3.